The second-order valence-electron chi connectivity index (χ2n) is 4.79. The fourth-order valence-electron chi connectivity index (χ4n) is 2.46. The molecular formula is C15H14BrClN4. The lowest BCUT2D eigenvalue weighted by molar-refractivity contribution is 0.618. The van der Waals surface area contributed by atoms with Crippen LogP contribution in [0, 0.1) is 0 Å². The van der Waals surface area contributed by atoms with E-state index in [1.807, 2.05) is 18.2 Å². The number of rotatable bonds is 4. The van der Waals surface area contributed by atoms with E-state index in [1.165, 1.54) is 5.56 Å². The highest BCUT2D eigenvalue weighted by molar-refractivity contribution is 9.10. The lowest BCUT2D eigenvalue weighted by Gasteiger charge is -2.17. The van der Waals surface area contributed by atoms with Gasteiger partial charge in [0.1, 0.15) is 11.3 Å². The van der Waals surface area contributed by atoms with Gasteiger partial charge >= 0.3 is 0 Å². The first kappa shape index (κ1) is 14.5. The zero-order valence-electron chi connectivity index (χ0n) is 11.5. The summed E-state index contributed by atoms with van der Waals surface area (Å²) in [6.45, 7) is 2.14. The molecule has 1 unspecified atom stereocenters. The Hall–Kier alpha value is -1.46. The first-order chi connectivity index (χ1) is 10.2. The van der Waals surface area contributed by atoms with Crippen LogP contribution in [0.4, 0.5) is 0 Å². The standard InChI is InChI=1S/C15H14BrClN4/c1-10(11-3-6-18-7-4-11)21-14(2-5-17)20-13-8-12(16)9-19-15(13)21/h3-4,6-10H,2,5H2,1H3. The van der Waals surface area contributed by atoms with E-state index >= 15 is 0 Å². The molecule has 0 aliphatic rings. The van der Waals surface area contributed by atoms with Gasteiger partial charge in [0.2, 0.25) is 0 Å². The predicted octanol–water partition coefficient (Wildman–Crippen LogP) is 3.98. The molecule has 0 aromatic carbocycles. The van der Waals surface area contributed by atoms with E-state index in [4.69, 9.17) is 11.6 Å². The van der Waals surface area contributed by atoms with E-state index in [-0.39, 0.29) is 6.04 Å². The van der Waals surface area contributed by atoms with Crippen LogP contribution in [0.3, 0.4) is 0 Å². The molecule has 21 heavy (non-hydrogen) atoms. The van der Waals surface area contributed by atoms with Crippen molar-refractivity contribution in [3.63, 3.8) is 0 Å². The van der Waals surface area contributed by atoms with Crippen LogP contribution in [0.25, 0.3) is 11.2 Å². The molecule has 3 aromatic rings. The number of hydrogen-bond donors (Lipinski definition) is 0. The summed E-state index contributed by atoms with van der Waals surface area (Å²) < 4.78 is 3.08. The van der Waals surface area contributed by atoms with Crippen LogP contribution in [0.2, 0.25) is 0 Å². The quantitative estimate of drug-likeness (QED) is 0.657. The van der Waals surface area contributed by atoms with Crippen LogP contribution in [-0.2, 0) is 6.42 Å². The summed E-state index contributed by atoms with van der Waals surface area (Å²) in [4.78, 5) is 13.3. The Labute approximate surface area is 136 Å². The maximum atomic E-state index is 5.92. The molecule has 0 bridgehead atoms. The third kappa shape index (κ3) is 2.80. The van der Waals surface area contributed by atoms with Gasteiger partial charge in [-0.2, -0.15) is 0 Å². The molecule has 0 spiro atoms. The summed E-state index contributed by atoms with van der Waals surface area (Å²) in [5.41, 5.74) is 2.93. The fraction of sp³-hybridized carbons (Fsp3) is 0.267. The Morgan fingerprint density at radius 2 is 2.10 bits per heavy atom. The molecule has 0 fully saturated rings. The average Bonchev–Trinajstić information content (AvgIpc) is 2.85. The van der Waals surface area contributed by atoms with Crippen molar-refractivity contribution in [2.24, 2.45) is 0 Å². The first-order valence-corrected chi connectivity index (χ1v) is 8.01. The maximum Gasteiger partial charge on any atom is 0.160 e. The predicted molar refractivity (Wildman–Crippen MR) is 87.7 cm³/mol. The van der Waals surface area contributed by atoms with Crippen LogP contribution in [-0.4, -0.2) is 25.4 Å². The molecule has 1 atom stereocenters. The van der Waals surface area contributed by atoms with Gasteiger partial charge < -0.3 is 4.57 Å². The van der Waals surface area contributed by atoms with Crippen LogP contribution in [0.1, 0.15) is 24.4 Å². The second kappa shape index (κ2) is 6.12. The van der Waals surface area contributed by atoms with Crippen LogP contribution >= 0.6 is 27.5 Å². The van der Waals surface area contributed by atoms with Gasteiger partial charge in [-0.3, -0.25) is 4.98 Å². The highest BCUT2D eigenvalue weighted by atomic mass is 79.9. The van der Waals surface area contributed by atoms with Crippen LogP contribution in [0.5, 0.6) is 0 Å². The zero-order chi connectivity index (χ0) is 14.8. The van der Waals surface area contributed by atoms with Crippen molar-refractivity contribution in [1.82, 2.24) is 19.5 Å². The van der Waals surface area contributed by atoms with E-state index in [0.29, 0.717) is 12.3 Å². The Morgan fingerprint density at radius 1 is 1.33 bits per heavy atom. The molecule has 0 radical (unpaired) electrons. The minimum Gasteiger partial charge on any atom is -0.305 e. The number of nitrogens with zero attached hydrogens (tertiary/aromatic N) is 4. The van der Waals surface area contributed by atoms with Gasteiger partial charge in [0.05, 0.1) is 6.04 Å². The third-order valence-corrected chi connectivity index (χ3v) is 4.09. The highest BCUT2D eigenvalue weighted by Gasteiger charge is 2.18. The molecule has 6 heteroatoms. The topological polar surface area (TPSA) is 43.6 Å². The monoisotopic (exact) mass is 364 g/mol. The Bertz CT molecular complexity index is 757. The Balaban J connectivity index is 2.17. The van der Waals surface area contributed by atoms with Crippen molar-refractivity contribution in [2.75, 3.05) is 5.88 Å². The highest BCUT2D eigenvalue weighted by Crippen LogP contribution is 2.26. The number of alkyl halides is 1. The van der Waals surface area contributed by atoms with E-state index in [9.17, 15) is 0 Å². The van der Waals surface area contributed by atoms with E-state index < -0.39 is 0 Å². The van der Waals surface area contributed by atoms with Gasteiger partial charge in [0.25, 0.3) is 0 Å². The summed E-state index contributed by atoms with van der Waals surface area (Å²) in [5.74, 6) is 1.49. The lowest BCUT2D eigenvalue weighted by atomic mass is 10.1. The smallest absolute Gasteiger partial charge is 0.160 e. The van der Waals surface area contributed by atoms with Gasteiger partial charge in [0.15, 0.2) is 5.65 Å². The first-order valence-electron chi connectivity index (χ1n) is 6.69. The molecule has 0 aliphatic carbocycles. The molecule has 0 saturated carbocycles. The largest absolute Gasteiger partial charge is 0.305 e. The normalized spacial score (nSPS) is 12.7. The van der Waals surface area contributed by atoms with E-state index in [1.54, 1.807) is 18.6 Å². The van der Waals surface area contributed by atoms with Gasteiger partial charge in [-0.25, -0.2) is 9.97 Å². The fourth-order valence-corrected chi connectivity index (χ4v) is 2.95. The molecule has 0 aliphatic heterocycles. The number of hydrogen-bond acceptors (Lipinski definition) is 3. The molecule has 108 valence electrons. The number of fused-ring (bicyclic) bond motifs is 1. The number of aromatic nitrogens is 4. The summed E-state index contributed by atoms with van der Waals surface area (Å²) in [6, 6.07) is 6.14. The van der Waals surface area contributed by atoms with Crippen molar-refractivity contribution < 1.29 is 0 Å². The SMILES string of the molecule is CC(c1ccncc1)n1c(CCCl)nc2cc(Br)cnc21. The summed E-state index contributed by atoms with van der Waals surface area (Å²) >= 11 is 9.37. The van der Waals surface area contributed by atoms with Crippen LogP contribution in [0.15, 0.2) is 41.3 Å². The van der Waals surface area contributed by atoms with E-state index in [0.717, 1.165) is 21.5 Å². The minimum atomic E-state index is 0.130. The Morgan fingerprint density at radius 3 is 2.81 bits per heavy atom. The molecule has 3 rings (SSSR count). The summed E-state index contributed by atoms with van der Waals surface area (Å²) in [7, 11) is 0. The Kier molecular flexibility index (Phi) is 4.22. The lowest BCUT2D eigenvalue weighted by Crippen LogP contribution is -2.12. The summed E-state index contributed by atoms with van der Waals surface area (Å²) in [5, 5.41) is 0. The molecule has 0 N–H and O–H groups in total. The summed E-state index contributed by atoms with van der Waals surface area (Å²) in [6.07, 6.45) is 6.11. The van der Waals surface area contributed by atoms with Gasteiger partial charge in [-0.1, -0.05) is 0 Å². The second-order valence-corrected chi connectivity index (χ2v) is 6.08. The molecule has 0 amide bonds. The number of pyridine rings is 2. The van der Waals surface area contributed by atoms with Crippen LogP contribution < -0.4 is 0 Å². The molecular weight excluding hydrogens is 352 g/mol. The molecule has 4 nitrogen and oxygen atoms in total. The van der Waals surface area contributed by atoms with Crippen molar-refractivity contribution in [1.29, 1.82) is 0 Å². The number of halogens is 2. The van der Waals surface area contributed by atoms with Crippen molar-refractivity contribution >= 4 is 38.7 Å². The van der Waals surface area contributed by atoms with Crippen molar-refractivity contribution in [3.05, 3.63) is 52.7 Å². The maximum absolute atomic E-state index is 5.92. The molecule has 0 saturated heterocycles. The number of imidazole rings is 1. The zero-order valence-corrected chi connectivity index (χ0v) is 13.8. The van der Waals surface area contributed by atoms with Gasteiger partial charge in [-0.05, 0) is 46.6 Å². The minimum absolute atomic E-state index is 0.130. The molecule has 3 aromatic heterocycles. The van der Waals surface area contributed by atoms with Crippen molar-refractivity contribution in [2.45, 2.75) is 19.4 Å². The average molecular weight is 366 g/mol. The number of aryl methyl sites for hydroxylation is 1. The van der Waals surface area contributed by atoms with Gasteiger partial charge in [-0.15, -0.1) is 11.6 Å². The van der Waals surface area contributed by atoms with Gasteiger partial charge in [0, 0.05) is 35.4 Å². The van der Waals surface area contributed by atoms with Crippen molar-refractivity contribution in [3.8, 4) is 0 Å². The molecule has 3 heterocycles. The third-order valence-electron chi connectivity index (χ3n) is 3.46. The van der Waals surface area contributed by atoms with E-state index in [2.05, 4.69) is 42.4 Å².